The van der Waals surface area contributed by atoms with Gasteiger partial charge in [0.05, 0.1) is 11.9 Å². The number of hydrogen-bond donors (Lipinski definition) is 1. The fourth-order valence-corrected chi connectivity index (χ4v) is 6.02. The number of carbonyl (C=O) groups excluding carboxylic acids is 1. The third-order valence-corrected chi connectivity index (χ3v) is 8.21. The summed E-state index contributed by atoms with van der Waals surface area (Å²) in [5, 5.41) is 2.88. The van der Waals surface area contributed by atoms with Crippen LogP contribution in [0.4, 0.5) is 16.3 Å². The molecular weight excluding hydrogens is 404 g/mol. The molecule has 0 bridgehead atoms. The van der Waals surface area contributed by atoms with Gasteiger partial charge in [-0.05, 0) is 37.8 Å². The summed E-state index contributed by atoms with van der Waals surface area (Å²) < 4.78 is 29.0. The van der Waals surface area contributed by atoms with E-state index in [4.69, 9.17) is 0 Å². The van der Waals surface area contributed by atoms with Gasteiger partial charge in [-0.1, -0.05) is 12.8 Å². The van der Waals surface area contributed by atoms with Crippen molar-refractivity contribution in [3.63, 3.8) is 0 Å². The minimum atomic E-state index is -3.44. The van der Waals surface area contributed by atoms with Crippen LogP contribution in [0.5, 0.6) is 0 Å². The first-order chi connectivity index (χ1) is 14.5. The lowest BCUT2D eigenvalue weighted by Gasteiger charge is -2.36. The first-order valence-electron chi connectivity index (χ1n) is 11.1. The Hall–Kier alpha value is -1.91. The van der Waals surface area contributed by atoms with Gasteiger partial charge in [-0.25, -0.2) is 9.78 Å². The molecule has 0 atom stereocenters. The van der Waals surface area contributed by atoms with E-state index in [1.807, 2.05) is 12.1 Å². The van der Waals surface area contributed by atoms with Gasteiger partial charge in [0.1, 0.15) is 5.82 Å². The topological polar surface area (TPSA) is 89.1 Å². The third kappa shape index (κ3) is 4.87. The number of anilines is 2. The molecule has 0 saturated carbocycles. The predicted molar refractivity (Wildman–Crippen MR) is 117 cm³/mol. The molecule has 3 aliphatic rings. The molecule has 3 aliphatic heterocycles. The number of piperazine rings is 1. The van der Waals surface area contributed by atoms with Gasteiger partial charge in [-0.2, -0.15) is 17.0 Å². The molecule has 2 amide bonds. The summed E-state index contributed by atoms with van der Waals surface area (Å²) in [6.07, 6.45) is 8.10. The van der Waals surface area contributed by atoms with Crippen LogP contribution in [0.15, 0.2) is 18.3 Å². The highest BCUT2D eigenvalue weighted by Gasteiger charge is 2.33. The number of carbonyl (C=O) groups is 1. The van der Waals surface area contributed by atoms with E-state index in [1.54, 1.807) is 15.4 Å². The van der Waals surface area contributed by atoms with Gasteiger partial charge >= 0.3 is 6.03 Å². The second kappa shape index (κ2) is 9.49. The summed E-state index contributed by atoms with van der Waals surface area (Å²) in [7, 11) is -3.44. The lowest BCUT2D eigenvalue weighted by Crippen LogP contribution is -2.55. The van der Waals surface area contributed by atoms with Gasteiger partial charge in [-0.15, -0.1) is 0 Å². The normalized spacial score (nSPS) is 22.1. The fraction of sp³-hybridized carbons (Fsp3) is 0.700. The number of rotatable bonds is 4. The van der Waals surface area contributed by atoms with Crippen LogP contribution in [0, 0.1) is 0 Å². The summed E-state index contributed by atoms with van der Waals surface area (Å²) in [5.41, 5.74) is 0.655. The molecule has 0 spiro atoms. The summed E-state index contributed by atoms with van der Waals surface area (Å²) in [6, 6.07) is 3.60. The Morgan fingerprint density at radius 2 is 1.40 bits per heavy atom. The Morgan fingerprint density at radius 3 is 2.00 bits per heavy atom. The summed E-state index contributed by atoms with van der Waals surface area (Å²) in [5.74, 6) is 0.942. The van der Waals surface area contributed by atoms with E-state index in [2.05, 4.69) is 15.2 Å². The quantitative estimate of drug-likeness (QED) is 0.779. The van der Waals surface area contributed by atoms with Crippen LogP contribution < -0.4 is 10.2 Å². The molecule has 0 aromatic carbocycles. The van der Waals surface area contributed by atoms with Crippen molar-refractivity contribution in [1.82, 2.24) is 18.5 Å². The Balaban J connectivity index is 1.28. The Morgan fingerprint density at radius 1 is 0.800 bits per heavy atom. The first kappa shape index (κ1) is 21.3. The predicted octanol–water partition coefficient (Wildman–Crippen LogP) is 1.95. The van der Waals surface area contributed by atoms with E-state index in [9.17, 15) is 13.2 Å². The van der Waals surface area contributed by atoms with Crippen molar-refractivity contribution in [3.05, 3.63) is 18.3 Å². The molecule has 0 unspecified atom stereocenters. The molecule has 3 fully saturated rings. The molecule has 9 nitrogen and oxygen atoms in total. The minimum absolute atomic E-state index is 0.211. The van der Waals surface area contributed by atoms with E-state index in [0.717, 1.165) is 44.6 Å². The van der Waals surface area contributed by atoms with Crippen LogP contribution in [0.25, 0.3) is 0 Å². The molecule has 166 valence electrons. The number of hydrogen-bond acceptors (Lipinski definition) is 5. The molecule has 1 aromatic heterocycles. The van der Waals surface area contributed by atoms with Gasteiger partial charge in [0.15, 0.2) is 0 Å². The van der Waals surface area contributed by atoms with Gasteiger partial charge in [0.25, 0.3) is 10.2 Å². The van der Waals surface area contributed by atoms with Gasteiger partial charge in [0.2, 0.25) is 0 Å². The number of amides is 2. The number of aromatic nitrogens is 1. The standard InChI is InChI=1S/C20H32N6O3S/c27-20(22-18-7-8-19(21-17-18)23-9-5-6-10-23)24-13-15-26(16-14-24)30(28,29)25-11-3-1-2-4-12-25/h7-8,17H,1-6,9-16H2,(H,22,27). The number of nitrogens with zero attached hydrogens (tertiary/aromatic N) is 5. The molecule has 4 heterocycles. The van der Waals surface area contributed by atoms with Crippen molar-refractivity contribution >= 4 is 27.7 Å². The minimum Gasteiger partial charge on any atom is -0.357 e. The maximum absolute atomic E-state index is 12.9. The maximum atomic E-state index is 12.9. The average Bonchev–Trinajstić information content (AvgIpc) is 3.16. The third-order valence-electron chi connectivity index (χ3n) is 6.17. The first-order valence-corrected chi connectivity index (χ1v) is 12.5. The number of nitrogens with one attached hydrogen (secondary N) is 1. The van der Waals surface area contributed by atoms with E-state index >= 15 is 0 Å². The molecule has 3 saturated heterocycles. The van der Waals surface area contributed by atoms with Crippen LogP contribution in [0.3, 0.4) is 0 Å². The van der Waals surface area contributed by atoms with Crippen LogP contribution in [-0.4, -0.2) is 85.3 Å². The van der Waals surface area contributed by atoms with Gasteiger partial charge in [0, 0.05) is 52.4 Å². The highest BCUT2D eigenvalue weighted by Crippen LogP contribution is 2.20. The average molecular weight is 437 g/mol. The second-order valence-electron chi connectivity index (χ2n) is 8.24. The van der Waals surface area contributed by atoms with Crippen LogP contribution in [0.1, 0.15) is 38.5 Å². The zero-order chi connectivity index (χ0) is 21.0. The lowest BCUT2D eigenvalue weighted by molar-refractivity contribution is 0.180. The highest BCUT2D eigenvalue weighted by molar-refractivity contribution is 7.86. The second-order valence-corrected chi connectivity index (χ2v) is 10.2. The zero-order valence-electron chi connectivity index (χ0n) is 17.5. The van der Waals surface area contributed by atoms with Crippen LogP contribution in [-0.2, 0) is 10.2 Å². The molecule has 10 heteroatoms. The van der Waals surface area contributed by atoms with Crippen molar-refractivity contribution in [2.75, 3.05) is 62.6 Å². The molecule has 1 N–H and O–H groups in total. The summed E-state index contributed by atoms with van der Waals surface area (Å²) >= 11 is 0. The Kier molecular flexibility index (Phi) is 6.74. The Bertz CT molecular complexity index is 809. The van der Waals surface area contributed by atoms with E-state index in [0.29, 0.717) is 45.0 Å². The Labute approximate surface area is 179 Å². The fourth-order valence-electron chi connectivity index (χ4n) is 4.35. The van der Waals surface area contributed by atoms with Gasteiger partial charge < -0.3 is 15.1 Å². The van der Waals surface area contributed by atoms with Crippen LogP contribution in [0.2, 0.25) is 0 Å². The van der Waals surface area contributed by atoms with E-state index in [1.165, 1.54) is 17.1 Å². The summed E-state index contributed by atoms with van der Waals surface area (Å²) in [6.45, 7) is 4.70. The van der Waals surface area contributed by atoms with E-state index in [-0.39, 0.29) is 6.03 Å². The van der Waals surface area contributed by atoms with Crippen molar-refractivity contribution in [1.29, 1.82) is 0 Å². The number of pyridine rings is 1. The van der Waals surface area contributed by atoms with Crippen molar-refractivity contribution in [2.24, 2.45) is 0 Å². The molecule has 30 heavy (non-hydrogen) atoms. The lowest BCUT2D eigenvalue weighted by atomic mass is 10.2. The largest absolute Gasteiger partial charge is 0.357 e. The van der Waals surface area contributed by atoms with Crippen molar-refractivity contribution in [2.45, 2.75) is 38.5 Å². The zero-order valence-corrected chi connectivity index (χ0v) is 18.3. The van der Waals surface area contributed by atoms with Gasteiger partial charge in [-0.3, -0.25) is 0 Å². The maximum Gasteiger partial charge on any atom is 0.321 e. The smallest absolute Gasteiger partial charge is 0.321 e. The molecular formula is C20H32N6O3S. The number of urea groups is 1. The molecule has 1 aromatic rings. The van der Waals surface area contributed by atoms with Crippen molar-refractivity contribution < 1.29 is 13.2 Å². The highest BCUT2D eigenvalue weighted by atomic mass is 32.2. The van der Waals surface area contributed by atoms with Crippen molar-refractivity contribution in [3.8, 4) is 0 Å². The monoisotopic (exact) mass is 436 g/mol. The summed E-state index contributed by atoms with van der Waals surface area (Å²) in [4.78, 5) is 21.0. The molecule has 4 rings (SSSR count). The van der Waals surface area contributed by atoms with E-state index < -0.39 is 10.2 Å². The molecule has 0 aliphatic carbocycles. The SMILES string of the molecule is O=C(Nc1ccc(N2CCCC2)nc1)N1CCN(S(=O)(=O)N2CCCCCC2)CC1. The molecule has 0 radical (unpaired) electrons. The van der Waals surface area contributed by atoms with Crippen LogP contribution >= 0.6 is 0 Å².